The zero-order valence-corrected chi connectivity index (χ0v) is 26.7. The van der Waals surface area contributed by atoms with Gasteiger partial charge in [-0.2, -0.15) is 0 Å². The van der Waals surface area contributed by atoms with Crippen LogP contribution in [0, 0.1) is 0 Å². The van der Waals surface area contributed by atoms with E-state index in [2.05, 4.69) is 124 Å². The highest BCUT2D eigenvalue weighted by Crippen LogP contribution is 2.46. The van der Waals surface area contributed by atoms with Gasteiger partial charge >= 0.3 is 0 Å². The maximum absolute atomic E-state index is 5.13. The Morgan fingerprint density at radius 1 is 0.320 bits per heavy atom. The molecule has 0 atom stereocenters. The molecule has 12 aromatic rings. The second kappa shape index (κ2) is 9.40. The van der Waals surface area contributed by atoms with Gasteiger partial charge in [-0.1, -0.05) is 127 Å². The van der Waals surface area contributed by atoms with Gasteiger partial charge < -0.3 is 8.80 Å². The van der Waals surface area contributed by atoms with Crippen LogP contribution in [-0.2, 0) is 0 Å². The molecule has 12 rings (SSSR count). The maximum atomic E-state index is 5.13. The molecule has 0 aliphatic heterocycles. The number of fused-ring (bicyclic) bond motifs is 12. The van der Waals surface area contributed by atoms with Crippen LogP contribution in [0.25, 0.3) is 110 Å². The zero-order chi connectivity index (χ0) is 32.5. The van der Waals surface area contributed by atoms with Crippen molar-refractivity contribution < 1.29 is 0 Å². The van der Waals surface area contributed by atoms with Gasteiger partial charge in [-0.05, 0) is 24.3 Å². The zero-order valence-electron chi connectivity index (χ0n) is 26.7. The molecule has 0 N–H and O–H groups in total. The summed E-state index contributed by atoms with van der Waals surface area (Å²) in [5.41, 5.74) is 10.3. The first-order valence-electron chi connectivity index (χ1n) is 17.0. The topological polar surface area (TPSA) is 47.5 Å². The average molecular weight is 636 g/mol. The van der Waals surface area contributed by atoms with Crippen molar-refractivity contribution in [1.82, 2.24) is 23.8 Å². The molecule has 0 radical (unpaired) electrons. The first-order chi connectivity index (χ1) is 24.8. The highest BCUT2D eigenvalue weighted by molar-refractivity contribution is 6.29. The summed E-state index contributed by atoms with van der Waals surface area (Å²) < 4.78 is 4.93. The Morgan fingerprint density at radius 3 is 1.44 bits per heavy atom. The highest BCUT2D eigenvalue weighted by Gasteiger charge is 2.24. The summed E-state index contributed by atoms with van der Waals surface area (Å²) in [4.78, 5) is 15.2. The summed E-state index contributed by atoms with van der Waals surface area (Å²) in [6.07, 6.45) is 0. The normalized spacial score (nSPS) is 12.4. The van der Waals surface area contributed by atoms with Gasteiger partial charge in [0.25, 0.3) is 0 Å². The largest absolute Gasteiger partial charge is 0.308 e. The summed E-state index contributed by atoms with van der Waals surface area (Å²) in [7, 11) is 0. The van der Waals surface area contributed by atoms with Gasteiger partial charge in [-0.25, -0.2) is 15.0 Å². The van der Waals surface area contributed by atoms with Crippen molar-refractivity contribution in [3.05, 3.63) is 152 Å². The minimum absolute atomic E-state index is 0.662. The number of para-hydroxylation sites is 3. The fourth-order valence-electron chi connectivity index (χ4n) is 8.56. The van der Waals surface area contributed by atoms with E-state index in [9.17, 15) is 0 Å². The minimum atomic E-state index is 0.662. The first-order valence-corrected chi connectivity index (χ1v) is 17.0. The third kappa shape index (κ3) is 3.28. The average Bonchev–Trinajstić information content (AvgIpc) is 3.91. The van der Waals surface area contributed by atoms with Gasteiger partial charge in [0.05, 0.1) is 33.1 Å². The smallest absolute Gasteiger partial charge is 0.164 e. The quantitative estimate of drug-likeness (QED) is 0.194. The van der Waals surface area contributed by atoms with E-state index in [4.69, 9.17) is 15.0 Å². The fraction of sp³-hybridized carbons (Fsp3) is 0. The number of hydrogen-bond donors (Lipinski definition) is 0. The molecule has 0 amide bonds. The second-order valence-electron chi connectivity index (χ2n) is 13.2. The predicted molar refractivity (Wildman–Crippen MR) is 205 cm³/mol. The van der Waals surface area contributed by atoms with E-state index in [1.807, 2.05) is 36.4 Å². The monoisotopic (exact) mass is 635 g/mol. The third-order valence-electron chi connectivity index (χ3n) is 10.6. The van der Waals surface area contributed by atoms with Crippen molar-refractivity contribution >= 4 is 76.2 Å². The SMILES string of the molecule is c1ccc(-c2nc(-c3ccccc3)nc(-c3cccc4c3c3cccc5c6cc7c(cc6n4c53)c3cccc4c5ccccc5n7c43)n2)cc1. The Balaban J connectivity index is 1.19. The molecule has 0 fully saturated rings. The van der Waals surface area contributed by atoms with E-state index >= 15 is 0 Å². The van der Waals surface area contributed by atoms with Crippen molar-refractivity contribution in [2.24, 2.45) is 0 Å². The maximum Gasteiger partial charge on any atom is 0.164 e. The van der Waals surface area contributed by atoms with Crippen LogP contribution in [0.15, 0.2) is 152 Å². The first kappa shape index (κ1) is 26.1. The number of benzene rings is 7. The Hall–Kier alpha value is -6.85. The molecule has 5 nitrogen and oxygen atoms in total. The molecule has 5 heteroatoms. The van der Waals surface area contributed by atoms with Crippen molar-refractivity contribution in [2.45, 2.75) is 0 Å². The van der Waals surface area contributed by atoms with Crippen molar-refractivity contribution in [1.29, 1.82) is 0 Å². The van der Waals surface area contributed by atoms with E-state index in [0.29, 0.717) is 17.5 Å². The van der Waals surface area contributed by atoms with Crippen molar-refractivity contribution in [3.8, 4) is 34.2 Å². The van der Waals surface area contributed by atoms with Crippen LogP contribution < -0.4 is 0 Å². The van der Waals surface area contributed by atoms with Gasteiger partial charge in [0, 0.05) is 59.8 Å². The van der Waals surface area contributed by atoms with E-state index in [1.54, 1.807) is 0 Å². The lowest BCUT2D eigenvalue weighted by molar-refractivity contribution is 1.08. The van der Waals surface area contributed by atoms with Crippen LogP contribution in [0.5, 0.6) is 0 Å². The van der Waals surface area contributed by atoms with E-state index < -0.39 is 0 Å². The van der Waals surface area contributed by atoms with Crippen LogP contribution >= 0.6 is 0 Å². The summed E-state index contributed by atoms with van der Waals surface area (Å²) in [5, 5.41) is 10.0. The molecule has 0 saturated carbocycles. The molecule has 0 saturated heterocycles. The Labute approximate surface area is 285 Å². The molecule has 0 aliphatic carbocycles. The Kier molecular flexibility index (Phi) is 4.91. The lowest BCUT2D eigenvalue weighted by atomic mass is 10.0. The standard InChI is InChI=1S/C45H25N5/c1-3-12-26(13-4-1)43-46-44(27-14-5-2-6-15-27)48-45(47-43)33-21-11-23-37-40(33)32-20-10-19-31-35-24-38-34(25-39(35)50(37)42(31)32)30-18-9-17-29-28-16-7-8-22-36(28)49(38)41(29)30/h1-25H. The number of hydrogen-bond acceptors (Lipinski definition) is 3. The third-order valence-corrected chi connectivity index (χ3v) is 10.6. The fourth-order valence-corrected chi connectivity index (χ4v) is 8.56. The van der Waals surface area contributed by atoms with Gasteiger partial charge in [0.1, 0.15) is 0 Å². The second-order valence-corrected chi connectivity index (χ2v) is 13.2. The summed E-state index contributed by atoms with van der Waals surface area (Å²) >= 11 is 0. The van der Waals surface area contributed by atoms with E-state index in [0.717, 1.165) is 27.6 Å². The van der Waals surface area contributed by atoms with Gasteiger partial charge in [0.2, 0.25) is 0 Å². The predicted octanol–water partition coefficient (Wildman–Crippen LogP) is 11.2. The van der Waals surface area contributed by atoms with Crippen molar-refractivity contribution in [3.63, 3.8) is 0 Å². The molecular formula is C45H25N5. The van der Waals surface area contributed by atoms with Crippen LogP contribution in [0.3, 0.4) is 0 Å². The van der Waals surface area contributed by atoms with Crippen LogP contribution in [0.4, 0.5) is 0 Å². The number of aromatic nitrogens is 5. The molecule has 50 heavy (non-hydrogen) atoms. The molecule has 0 unspecified atom stereocenters. The molecule has 7 aromatic carbocycles. The summed E-state index contributed by atoms with van der Waals surface area (Å²) in [6.45, 7) is 0. The Bertz CT molecular complexity index is 3240. The van der Waals surface area contributed by atoms with Crippen LogP contribution in [0.2, 0.25) is 0 Å². The van der Waals surface area contributed by atoms with E-state index in [-0.39, 0.29) is 0 Å². The molecule has 5 aromatic heterocycles. The molecule has 0 spiro atoms. The highest BCUT2D eigenvalue weighted by atomic mass is 15.0. The lowest BCUT2D eigenvalue weighted by Crippen LogP contribution is -2.00. The Morgan fingerprint density at radius 2 is 0.780 bits per heavy atom. The lowest BCUT2D eigenvalue weighted by Gasteiger charge is -2.10. The van der Waals surface area contributed by atoms with Crippen molar-refractivity contribution in [2.75, 3.05) is 0 Å². The number of nitrogens with zero attached hydrogens (tertiary/aromatic N) is 5. The summed E-state index contributed by atoms with van der Waals surface area (Å²) in [5.74, 6) is 1.99. The summed E-state index contributed by atoms with van der Waals surface area (Å²) in [6, 6.07) is 53.9. The molecule has 5 heterocycles. The molecule has 0 aliphatic rings. The van der Waals surface area contributed by atoms with Crippen LogP contribution in [0.1, 0.15) is 0 Å². The minimum Gasteiger partial charge on any atom is -0.308 e. The molecule has 0 bridgehead atoms. The molecule has 230 valence electrons. The van der Waals surface area contributed by atoms with Gasteiger partial charge in [-0.15, -0.1) is 0 Å². The van der Waals surface area contributed by atoms with Gasteiger partial charge in [-0.3, -0.25) is 0 Å². The molecular weight excluding hydrogens is 611 g/mol. The number of rotatable bonds is 3. The van der Waals surface area contributed by atoms with Gasteiger partial charge in [0.15, 0.2) is 17.5 Å². The van der Waals surface area contributed by atoms with Crippen LogP contribution in [-0.4, -0.2) is 23.8 Å². The van der Waals surface area contributed by atoms with E-state index in [1.165, 1.54) is 65.3 Å².